The second-order valence-electron chi connectivity index (χ2n) is 20.5. The van der Waals surface area contributed by atoms with E-state index in [0.717, 1.165) is 71.7 Å². The van der Waals surface area contributed by atoms with Crippen molar-refractivity contribution in [1.29, 1.82) is 0 Å². The van der Waals surface area contributed by atoms with Crippen molar-refractivity contribution >= 4 is 39.8 Å². The van der Waals surface area contributed by atoms with Gasteiger partial charge in [-0.15, -0.1) is 0 Å². The summed E-state index contributed by atoms with van der Waals surface area (Å²) in [5.74, 6) is 3.63. The third-order valence-corrected chi connectivity index (χ3v) is 15.3. The van der Waals surface area contributed by atoms with Crippen LogP contribution in [0.1, 0.15) is 134 Å². The fraction of sp³-hybridized carbons (Fsp3) is 0.527. The van der Waals surface area contributed by atoms with Crippen molar-refractivity contribution in [3.63, 3.8) is 0 Å². The lowest BCUT2D eigenvalue weighted by atomic mass is 9.85. The Morgan fingerprint density at radius 3 is 1.48 bits per heavy atom. The molecule has 75 heavy (non-hydrogen) atoms. The quantitative estimate of drug-likeness (QED) is 0.0890. The molecule has 4 N–H and O–H groups in total. The number of carbonyl (C=O) groups excluding carboxylic acids is 2. The average molecular weight is 1030 g/mol. The predicted molar refractivity (Wildman–Crippen MR) is 281 cm³/mol. The van der Waals surface area contributed by atoms with Crippen molar-refractivity contribution in [1.82, 2.24) is 49.1 Å². The zero-order chi connectivity index (χ0) is 52.1. The van der Waals surface area contributed by atoms with E-state index in [-0.39, 0.29) is 31.5 Å². The van der Waals surface area contributed by atoms with Gasteiger partial charge < -0.3 is 39.6 Å². The van der Waals surface area contributed by atoms with Crippen LogP contribution in [0.15, 0.2) is 82.6 Å². The molecule has 8 aromatic rings. The van der Waals surface area contributed by atoms with Gasteiger partial charge in [-0.1, -0.05) is 69.6 Å². The van der Waals surface area contributed by atoms with Gasteiger partial charge in [0.15, 0.2) is 17.9 Å². The first-order valence-corrected chi connectivity index (χ1v) is 26.9. The minimum Gasteiger partial charge on any atom is -0.388 e. The lowest BCUT2D eigenvalue weighted by molar-refractivity contribution is -0.191. The lowest BCUT2D eigenvalue weighted by Gasteiger charge is -2.31. The van der Waals surface area contributed by atoms with Crippen molar-refractivity contribution in [2.75, 3.05) is 22.6 Å². The average Bonchev–Trinajstić information content (AvgIpc) is 4.31. The highest BCUT2D eigenvalue weighted by Gasteiger charge is 2.28. The third kappa shape index (κ3) is 12.9. The Labute approximate surface area is 436 Å². The highest BCUT2D eigenvalue weighted by Crippen LogP contribution is 2.37. The maximum absolute atomic E-state index is 9.18. The van der Waals surface area contributed by atoms with Gasteiger partial charge in [-0.05, 0) is 124 Å². The molecule has 9 heterocycles. The molecule has 398 valence electrons. The van der Waals surface area contributed by atoms with E-state index in [1.807, 2.05) is 56.5 Å². The molecule has 8 aromatic heterocycles. The zero-order valence-corrected chi connectivity index (χ0v) is 43.6. The smallest absolute Gasteiger partial charge is 0.373 e. The van der Waals surface area contributed by atoms with Gasteiger partial charge >= 0.3 is 6.15 Å². The van der Waals surface area contributed by atoms with E-state index in [0.29, 0.717) is 47.6 Å². The van der Waals surface area contributed by atoms with Crippen LogP contribution in [-0.4, -0.2) is 91.4 Å². The first kappa shape index (κ1) is 52.9. The van der Waals surface area contributed by atoms with Crippen molar-refractivity contribution in [3.05, 3.63) is 90.8 Å². The van der Waals surface area contributed by atoms with Crippen LogP contribution in [0.2, 0.25) is 0 Å². The van der Waals surface area contributed by atoms with Gasteiger partial charge in [0.05, 0.1) is 63.3 Å². The highest BCUT2D eigenvalue weighted by molar-refractivity contribution is 5.86. The molecule has 7 unspecified atom stereocenters. The van der Waals surface area contributed by atoms with E-state index >= 15 is 0 Å². The van der Waals surface area contributed by atoms with Crippen molar-refractivity contribution in [2.24, 2.45) is 17.8 Å². The summed E-state index contributed by atoms with van der Waals surface area (Å²) in [7, 11) is 0. The number of nitrogens with zero attached hydrogens (tertiary/aromatic N) is 10. The van der Waals surface area contributed by atoms with Crippen molar-refractivity contribution in [2.45, 2.75) is 162 Å². The number of nitrogens with one attached hydrogen (secondary N) is 3. The number of aliphatic hydroxyl groups is 1. The van der Waals surface area contributed by atoms with E-state index in [9.17, 15) is 5.11 Å². The summed E-state index contributed by atoms with van der Waals surface area (Å²) in [6.07, 6.45) is 29.8. The standard InChI is InChI=1S/C22H29N5O3.C17H21N5O2.C15H21N3.CO2/c1-15-7-2-3-8-17(15)24-21-16(13-23-27-11-6-9-18(21)27)22-25-19(26-30-22)14-29-20-10-4-5-12-28-20;1-11-5-2-3-6-13(11)19-16-12(17-20-15(10-23)21-24-17)9-18-22-8-4-7-14(16)22;1-11-6-3-4-7-13(11)17-15-12(2)10-16-18-9-5-8-14(15)18;2-1-3/h6,9,11,13,15,17,20,24H,2-5,7-8,10,12,14H2,1H3;4,7-9,11,13,19,23H,2-3,5-6,10H2,1H3;5,8-11,13,17H,3-4,6-7H2,1-2H3;. The molecule has 20 heteroatoms. The van der Waals surface area contributed by atoms with E-state index in [1.54, 1.807) is 12.4 Å². The molecule has 3 saturated carbocycles. The van der Waals surface area contributed by atoms with Crippen LogP contribution in [0.5, 0.6) is 0 Å². The molecule has 3 aliphatic carbocycles. The minimum atomic E-state index is -0.243. The van der Waals surface area contributed by atoms with Gasteiger partial charge in [0.25, 0.3) is 11.8 Å². The molecule has 20 nitrogen and oxygen atoms in total. The van der Waals surface area contributed by atoms with Crippen LogP contribution in [0.3, 0.4) is 0 Å². The van der Waals surface area contributed by atoms with Crippen LogP contribution >= 0.6 is 0 Å². The first-order chi connectivity index (χ1) is 36.7. The monoisotopic (exact) mass is 1030 g/mol. The van der Waals surface area contributed by atoms with E-state index in [1.165, 1.54) is 87.4 Å². The van der Waals surface area contributed by atoms with Crippen LogP contribution < -0.4 is 16.0 Å². The summed E-state index contributed by atoms with van der Waals surface area (Å²) in [5, 5.41) is 41.7. The van der Waals surface area contributed by atoms with Gasteiger partial charge in [-0.3, -0.25) is 0 Å². The second kappa shape index (κ2) is 25.5. The molecule has 0 radical (unpaired) electrons. The Morgan fingerprint density at radius 1 is 0.600 bits per heavy atom. The summed E-state index contributed by atoms with van der Waals surface area (Å²) in [5.41, 5.74) is 9.23. The van der Waals surface area contributed by atoms with Crippen molar-refractivity contribution < 1.29 is 33.2 Å². The number of ether oxygens (including phenoxy) is 2. The molecular formula is C55H71N13O7. The second-order valence-corrected chi connectivity index (χ2v) is 20.5. The molecule has 7 atom stereocenters. The van der Waals surface area contributed by atoms with Gasteiger partial charge in [-0.2, -0.15) is 34.9 Å². The van der Waals surface area contributed by atoms with Gasteiger partial charge in [0.1, 0.15) is 13.2 Å². The Balaban J connectivity index is 0.000000138. The van der Waals surface area contributed by atoms with E-state index in [4.69, 9.17) is 28.1 Å². The largest absolute Gasteiger partial charge is 0.388 e. The molecule has 0 spiro atoms. The molecule has 0 amide bonds. The fourth-order valence-electron chi connectivity index (χ4n) is 10.9. The topological polar surface area (TPSA) is 239 Å². The molecule has 4 aliphatic rings. The zero-order valence-electron chi connectivity index (χ0n) is 43.6. The molecule has 4 fully saturated rings. The summed E-state index contributed by atoms with van der Waals surface area (Å²) < 4.78 is 28.0. The van der Waals surface area contributed by atoms with Crippen LogP contribution in [0.25, 0.3) is 39.5 Å². The maximum atomic E-state index is 9.18. The molecule has 1 aliphatic heterocycles. The Morgan fingerprint density at radius 2 is 1.03 bits per heavy atom. The fourth-order valence-corrected chi connectivity index (χ4v) is 10.9. The number of aliphatic hydroxyl groups excluding tert-OH is 1. The van der Waals surface area contributed by atoms with E-state index in [2.05, 4.69) is 97.4 Å². The van der Waals surface area contributed by atoms with Crippen LogP contribution in [0, 0.1) is 24.7 Å². The number of fused-ring (bicyclic) bond motifs is 3. The molecular weight excluding hydrogens is 955 g/mol. The van der Waals surface area contributed by atoms with Gasteiger partial charge in [0, 0.05) is 43.3 Å². The van der Waals surface area contributed by atoms with Crippen molar-refractivity contribution in [3.8, 4) is 22.9 Å². The normalized spacial score (nSPS) is 22.7. The van der Waals surface area contributed by atoms with Crippen LogP contribution in [0.4, 0.5) is 17.1 Å². The molecule has 1 saturated heterocycles. The summed E-state index contributed by atoms with van der Waals surface area (Å²) in [4.78, 5) is 25.1. The molecule has 0 aromatic carbocycles. The molecule has 12 rings (SSSR count). The first-order valence-electron chi connectivity index (χ1n) is 26.9. The SMILES string of the molecule is CC1CCCCC1Nc1c(-c2nc(CO)no2)cnn2cccc12.CC1CCCCC1Nc1c(-c2nc(COC3CCCCO3)no2)cnn2cccc12.Cc1cnn2cccc2c1NC1CCCCC1C.O=C=O. The summed E-state index contributed by atoms with van der Waals surface area (Å²) >= 11 is 0. The van der Waals surface area contributed by atoms with E-state index < -0.39 is 0 Å². The maximum Gasteiger partial charge on any atom is 0.373 e. The highest BCUT2D eigenvalue weighted by atomic mass is 16.7. The Bertz CT molecular complexity index is 3090. The predicted octanol–water partition coefficient (Wildman–Crippen LogP) is 10.3. The lowest BCUT2D eigenvalue weighted by Crippen LogP contribution is -2.30. The minimum absolute atomic E-state index is 0.176. The number of aryl methyl sites for hydroxylation is 1. The van der Waals surface area contributed by atoms with Crippen LogP contribution in [-0.2, 0) is 32.3 Å². The number of hydrogen-bond acceptors (Lipinski definition) is 17. The summed E-state index contributed by atoms with van der Waals surface area (Å²) in [6.45, 7) is 9.90. The van der Waals surface area contributed by atoms with Gasteiger partial charge in [0.2, 0.25) is 0 Å². The number of rotatable bonds is 12. The third-order valence-electron chi connectivity index (χ3n) is 15.3. The summed E-state index contributed by atoms with van der Waals surface area (Å²) in [6, 6.07) is 13.7. The number of hydrogen-bond donors (Lipinski definition) is 4. The molecule has 0 bridgehead atoms. The van der Waals surface area contributed by atoms with Gasteiger partial charge in [-0.25, -0.2) is 13.5 Å². The Kier molecular flexibility index (Phi) is 18.0. The number of aromatic nitrogens is 10. The Hall–Kier alpha value is -6.99. The number of anilines is 3.